The molecule has 112 valence electrons. The second kappa shape index (κ2) is 7.48. The van der Waals surface area contributed by atoms with Gasteiger partial charge in [0.25, 0.3) is 0 Å². The largest absolute Gasteiger partial charge is 0.363 e. The highest BCUT2D eigenvalue weighted by Gasteiger charge is 2.17. The minimum Gasteiger partial charge on any atom is -0.363 e. The van der Waals surface area contributed by atoms with Gasteiger partial charge in [0.2, 0.25) is 0 Å². The standard InChI is InChI=1S/C18H23ClN2/c1-14(2)21(13-15-7-4-3-5-8-15)18-16(11-12-20)9-6-10-17(18)19/h3-10,14H,11-13,20H2,1-2H3. The van der Waals surface area contributed by atoms with Gasteiger partial charge >= 0.3 is 0 Å². The molecule has 2 N–H and O–H groups in total. The molecule has 2 aromatic rings. The van der Waals surface area contributed by atoms with Crippen LogP contribution < -0.4 is 10.6 Å². The van der Waals surface area contributed by atoms with Crippen molar-refractivity contribution in [1.82, 2.24) is 0 Å². The van der Waals surface area contributed by atoms with E-state index in [1.54, 1.807) is 0 Å². The lowest BCUT2D eigenvalue weighted by molar-refractivity contribution is 0.678. The quantitative estimate of drug-likeness (QED) is 0.864. The molecule has 0 aromatic heterocycles. The smallest absolute Gasteiger partial charge is 0.0642 e. The zero-order chi connectivity index (χ0) is 15.2. The lowest BCUT2D eigenvalue weighted by atomic mass is 10.1. The number of hydrogen-bond donors (Lipinski definition) is 1. The summed E-state index contributed by atoms with van der Waals surface area (Å²) in [5, 5.41) is 0.797. The van der Waals surface area contributed by atoms with E-state index in [0.717, 1.165) is 23.7 Å². The normalized spacial score (nSPS) is 10.9. The molecule has 2 nitrogen and oxygen atoms in total. The summed E-state index contributed by atoms with van der Waals surface area (Å²) >= 11 is 6.49. The fourth-order valence-corrected chi connectivity index (χ4v) is 2.84. The van der Waals surface area contributed by atoms with Crippen LogP contribution in [0, 0.1) is 0 Å². The highest BCUT2D eigenvalue weighted by molar-refractivity contribution is 6.33. The SMILES string of the molecule is CC(C)N(Cc1ccccc1)c1c(Cl)cccc1CCN. The molecule has 0 aliphatic rings. The van der Waals surface area contributed by atoms with Gasteiger partial charge in [-0.2, -0.15) is 0 Å². The van der Waals surface area contributed by atoms with Crippen molar-refractivity contribution in [1.29, 1.82) is 0 Å². The first-order valence-corrected chi connectivity index (χ1v) is 7.79. The number of para-hydroxylation sites is 1. The Morgan fingerprint density at radius 1 is 1.05 bits per heavy atom. The Labute approximate surface area is 132 Å². The summed E-state index contributed by atoms with van der Waals surface area (Å²) in [6.45, 7) is 5.86. The van der Waals surface area contributed by atoms with E-state index in [2.05, 4.69) is 49.1 Å². The molecule has 0 unspecified atom stereocenters. The first-order valence-electron chi connectivity index (χ1n) is 7.41. The minimum absolute atomic E-state index is 0.363. The van der Waals surface area contributed by atoms with Crippen LogP contribution in [0.1, 0.15) is 25.0 Å². The number of benzene rings is 2. The summed E-state index contributed by atoms with van der Waals surface area (Å²) in [6, 6.07) is 16.9. The van der Waals surface area contributed by atoms with Crippen LogP contribution in [0.25, 0.3) is 0 Å². The van der Waals surface area contributed by atoms with Crippen LogP contribution in [-0.4, -0.2) is 12.6 Å². The molecule has 0 spiro atoms. The van der Waals surface area contributed by atoms with Crippen molar-refractivity contribution >= 4 is 17.3 Å². The third kappa shape index (κ3) is 3.99. The predicted octanol–water partition coefficient (Wildman–Crippen LogP) is 4.26. The fourth-order valence-electron chi connectivity index (χ4n) is 2.54. The minimum atomic E-state index is 0.363. The van der Waals surface area contributed by atoms with Gasteiger partial charge in [0, 0.05) is 12.6 Å². The molecule has 21 heavy (non-hydrogen) atoms. The van der Waals surface area contributed by atoms with Gasteiger partial charge < -0.3 is 10.6 Å². The third-order valence-corrected chi connectivity index (χ3v) is 3.90. The first-order chi connectivity index (χ1) is 10.1. The van der Waals surface area contributed by atoms with Gasteiger partial charge in [-0.3, -0.25) is 0 Å². The average molecular weight is 303 g/mol. The molecule has 0 bridgehead atoms. The maximum atomic E-state index is 6.49. The first kappa shape index (κ1) is 15.9. The monoisotopic (exact) mass is 302 g/mol. The van der Waals surface area contributed by atoms with E-state index in [0.29, 0.717) is 12.6 Å². The molecule has 0 saturated carbocycles. The lowest BCUT2D eigenvalue weighted by Gasteiger charge is -2.32. The number of halogens is 1. The number of hydrogen-bond acceptors (Lipinski definition) is 2. The highest BCUT2D eigenvalue weighted by Crippen LogP contribution is 2.32. The Morgan fingerprint density at radius 2 is 1.76 bits per heavy atom. The molecule has 0 atom stereocenters. The van der Waals surface area contributed by atoms with E-state index < -0.39 is 0 Å². The molecular weight excluding hydrogens is 280 g/mol. The van der Waals surface area contributed by atoms with Crippen molar-refractivity contribution < 1.29 is 0 Å². The zero-order valence-electron chi connectivity index (χ0n) is 12.7. The molecule has 2 aromatic carbocycles. The Balaban J connectivity index is 2.38. The molecule has 0 heterocycles. The van der Waals surface area contributed by atoms with Crippen molar-refractivity contribution in [2.75, 3.05) is 11.4 Å². The van der Waals surface area contributed by atoms with Crippen LogP contribution in [0.2, 0.25) is 5.02 Å². The molecule has 0 amide bonds. The summed E-state index contributed by atoms with van der Waals surface area (Å²) < 4.78 is 0. The second-order valence-corrected chi connectivity index (χ2v) is 5.90. The van der Waals surface area contributed by atoms with Gasteiger partial charge in [0.05, 0.1) is 10.7 Å². The highest BCUT2D eigenvalue weighted by atomic mass is 35.5. The van der Waals surface area contributed by atoms with Crippen LogP contribution in [0.3, 0.4) is 0 Å². The number of anilines is 1. The summed E-state index contributed by atoms with van der Waals surface area (Å²) in [4.78, 5) is 2.35. The molecular formula is C18H23ClN2. The van der Waals surface area contributed by atoms with E-state index >= 15 is 0 Å². The van der Waals surface area contributed by atoms with Crippen molar-refractivity contribution in [2.24, 2.45) is 5.73 Å². The van der Waals surface area contributed by atoms with Crippen LogP contribution >= 0.6 is 11.6 Å². The van der Waals surface area contributed by atoms with Crippen LogP contribution in [0.4, 0.5) is 5.69 Å². The molecule has 0 aliphatic heterocycles. The van der Waals surface area contributed by atoms with E-state index in [-0.39, 0.29) is 0 Å². The number of nitrogens with two attached hydrogens (primary N) is 1. The van der Waals surface area contributed by atoms with E-state index in [4.69, 9.17) is 17.3 Å². The molecule has 0 aliphatic carbocycles. The van der Waals surface area contributed by atoms with Crippen LogP contribution in [-0.2, 0) is 13.0 Å². The third-order valence-electron chi connectivity index (χ3n) is 3.59. The van der Waals surface area contributed by atoms with E-state index in [1.165, 1.54) is 11.1 Å². The topological polar surface area (TPSA) is 29.3 Å². The molecule has 0 fully saturated rings. The van der Waals surface area contributed by atoms with Crippen LogP contribution in [0.5, 0.6) is 0 Å². The average Bonchev–Trinajstić information content (AvgIpc) is 2.47. The van der Waals surface area contributed by atoms with Crippen molar-refractivity contribution in [3.05, 3.63) is 64.7 Å². The number of rotatable bonds is 6. The van der Waals surface area contributed by atoms with Gasteiger partial charge in [-0.15, -0.1) is 0 Å². The van der Waals surface area contributed by atoms with Crippen molar-refractivity contribution in [3.63, 3.8) is 0 Å². The van der Waals surface area contributed by atoms with Crippen molar-refractivity contribution in [2.45, 2.75) is 32.9 Å². The Morgan fingerprint density at radius 3 is 2.38 bits per heavy atom. The maximum Gasteiger partial charge on any atom is 0.0642 e. The van der Waals surface area contributed by atoms with E-state index in [9.17, 15) is 0 Å². The van der Waals surface area contributed by atoms with Gasteiger partial charge in [-0.25, -0.2) is 0 Å². The Hall–Kier alpha value is -1.51. The second-order valence-electron chi connectivity index (χ2n) is 5.49. The van der Waals surface area contributed by atoms with E-state index in [1.807, 2.05) is 18.2 Å². The number of nitrogens with zero attached hydrogens (tertiary/aromatic N) is 1. The molecule has 3 heteroatoms. The van der Waals surface area contributed by atoms with Crippen molar-refractivity contribution in [3.8, 4) is 0 Å². The van der Waals surface area contributed by atoms with Gasteiger partial charge in [0.1, 0.15) is 0 Å². The molecule has 0 saturated heterocycles. The maximum absolute atomic E-state index is 6.49. The molecule has 2 rings (SSSR count). The van der Waals surface area contributed by atoms with Gasteiger partial charge in [-0.05, 0) is 44.0 Å². The zero-order valence-corrected chi connectivity index (χ0v) is 13.5. The Kier molecular flexibility index (Phi) is 5.66. The fraction of sp³-hybridized carbons (Fsp3) is 0.333. The Bertz CT molecular complexity index is 567. The lowest BCUT2D eigenvalue weighted by Crippen LogP contribution is -2.31. The predicted molar refractivity (Wildman–Crippen MR) is 92.0 cm³/mol. The van der Waals surface area contributed by atoms with Gasteiger partial charge in [0.15, 0.2) is 0 Å². The van der Waals surface area contributed by atoms with Gasteiger partial charge in [-0.1, -0.05) is 54.1 Å². The summed E-state index contributed by atoms with van der Waals surface area (Å²) in [5.74, 6) is 0. The van der Waals surface area contributed by atoms with Crippen LogP contribution in [0.15, 0.2) is 48.5 Å². The summed E-state index contributed by atoms with van der Waals surface area (Å²) in [7, 11) is 0. The summed E-state index contributed by atoms with van der Waals surface area (Å²) in [5.41, 5.74) is 9.36. The molecule has 0 radical (unpaired) electrons. The summed E-state index contributed by atoms with van der Waals surface area (Å²) in [6.07, 6.45) is 0.841.